The van der Waals surface area contributed by atoms with E-state index in [2.05, 4.69) is 21.4 Å². The molecule has 0 spiro atoms. The molecule has 0 amide bonds. The maximum atomic E-state index is 13.2. The maximum absolute atomic E-state index is 13.2. The van der Waals surface area contributed by atoms with Gasteiger partial charge in [0.15, 0.2) is 11.6 Å². The number of nitrogens with two attached hydrogens (primary N) is 1. The van der Waals surface area contributed by atoms with Gasteiger partial charge in [-0.1, -0.05) is 40.2 Å². The molecular weight excluding hydrogens is 326 g/mol. The smallest absolute Gasteiger partial charge is 0.159 e. The van der Waals surface area contributed by atoms with Gasteiger partial charge in [0.2, 0.25) is 0 Å². The molecule has 20 heavy (non-hydrogen) atoms. The number of rotatable bonds is 5. The van der Waals surface area contributed by atoms with Gasteiger partial charge in [0, 0.05) is 10.5 Å². The molecule has 0 heterocycles. The van der Waals surface area contributed by atoms with Gasteiger partial charge in [-0.15, -0.1) is 0 Å². The van der Waals surface area contributed by atoms with Crippen molar-refractivity contribution >= 4 is 15.9 Å². The van der Waals surface area contributed by atoms with Crippen molar-refractivity contribution in [3.63, 3.8) is 0 Å². The summed E-state index contributed by atoms with van der Waals surface area (Å²) in [5.41, 5.74) is 4.54. The van der Waals surface area contributed by atoms with Crippen molar-refractivity contribution in [3.8, 4) is 0 Å². The molecule has 2 aromatic carbocycles. The van der Waals surface area contributed by atoms with Crippen LogP contribution in [0.15, 0.2) is 46.9 Å². The predicted molar refractivity (Wildman–Crippen MR) is 79.0 cm³/mol. The molecule has 3 N–H and O–H groups in total. The van der Waals surface area contributed by atoms with E-state index >= 15 is 0 Å². The average Bonchev–Trinajstić information content (AvgIpc) is 2.44. The van der Waals surface area contributed by atoms with Crippen LogP contribution >= 0.6 is 15.9 Å². The zero-order valence-corrected chi connectivity index (χ0v) is 12.3. The zero-order chi connectivity index (χ0) is 14.5. The van der Waals surface area contributed by atoms with Gasteiger partial charge in [-0.3, -0.25) is 11.3 Å². The Labute approximate surface area is 125 Å². The molecular formula is C15H15BrF2N2. The lowest BCUT2D eigenvalue weighted by Crippen LogP contribution is -2.38. The van der Waals surface area contributed by atoms with Crippen molar-refractivity contribution in [2.24, 2.45) is 5.84 Å². The minimum absolute atomic E-state index is 0.0569. The van der Waals surface area contributed by atoms with Crippen LogP contribution in [0.25, 0.3) is 0 Å². The fourth-order valence-electron chi connectivity index (χ4n) is 2.07. The normalized spacial score (nSPS) is 12.4. The minimum atomic E-state index is -0.836. The van der Waals surface area contributed by atoms with E-state index in [1.807, 2.05) is 24.3 Å². The van der Waals surface area contributed by atoms with E-state index in [9.17, 15) is 8.78 Å². The monoisotopic (exact) mass is 340 g/mol. The summed E-state index contributed by atoms with van der Waals surface area (Å²) in [7, 11) is 0. The van der Waals surface area contributed by atoms with Gasteiger partial charge in [0.25, 0.3) is 0 Å². The molecule has 2 nitrogen and oxygen atoms in total. The number of benzene rings is 2. The van der Waals surface area contributed by atoms with Crippen LogP contribution < -0.4 is 11.3 Å². The Morgan fingerprint density at radius 1 is 1.05 bits per heavy atom. The highest BCUT2D eigenvalue weighted by Crippen LogP contribution is 2.19. The van der Waals surface area contributed by atoms with Gasteiger partial charge >= 0.3 is 0 Å². The molecule has 0 saturated carbocycles. The molecule has 0 aliphatic carbocycles. The Morgan fingerprint density at radius 2 is 1.80 bits per heavy atom. The summed E-state index contributed by atoms with van der Waals surface area (Å²) >= 11 is 3.48. The zero-order valence-electron chi connectivity index (χ0n) is 10.7. The number of halogens is 3. The number of nitrogens with one attached hydrogen (secondary N) is 1. The first-order chi connectivity index (χ1) is 9.60. The standard InChI is InChI=1S/C15H15BrF2N2/c16-13-4-2-1-3-11(13)9-12(20-19)7-10-5-6-14(17)15(18)8-10/h1-6,8,12,20H,7,9,19H2. The molecule has 1 atom stereocenters. The van der Waals surface area contributed by atoms with Crippen molar-refractivity contribution in [2.75, 3.05) is 0 Å². The highest BCUT2D eigenvalue weighted by atomic mass is 79.9. The van der Waals surface area contributed by atoms with E-state index in [-0.39, 0.29) is 6.04 Å². The second-order valence-corrected chi connectivity index (χ2v) is 5.47. The summed E-state index contributed by atoms with van der Waals surface area (Å²) in [6, 6.07) is 11.7. The Morgan fingerprint density at radius 3 is 2.45 bits per heavy atom. The van der Waals surface area contributed by atoms with E-state index in [1.54, 1.807) is 6.07 Å². The quantitative estimate of drug-likeness (QED) is 0.647. The highest BCUT2D eigenvalue weighted by molar-refractivity contribution is 9.10. The molecule has 2 rings (SSSR count). The van der Waals surface area contributed by atoms with Crippen LogP contribution in [0.5, 0.6) is 0 Å². The molecule has 0 aliphatic heterocycles. The van der Waals surface area contributed by atoms with Gasteiger partial charge in [0.05, 0.1) is 0 Å². The third-order valence-electron chi connectivity index (χ3n) is 3.13. The first kappa shape index (κ1) is 15.1. The summed E-state index contributed by atoms with van der Waals surface area (Å²) in [6.45, 7) is 0. The maximum Gasteiger partial charge on any atom is 0.159 e. The van der Waals surface area contributed by atoms with Gasteiger partial charge < -0.3 is 0 Å². The lowest BCUT2D eigenvalue weighted by atomic mass is 9.99. The van der Waals surface area contributed by atoms with Crippen LogP contribution in [-0.4, -0.2) is 6.04 Å². The molecule has 1 unspecified atom stereocenters. The minimum Gasteiger partial charge on any atom is -0.271 e. The molecule has 2 aromatic rings. The summed E-state index contributed by atoms with van der Waals surface area (Å²) < 4.78 is 27.1. The molecule has 0 saturated heterocycles. The fourth-order valence-corrected chi connectivity index (χ4v) is 2.52. The molecule has 0 bridgehead atoms. The number of hydrogen-bond donors (Lipinski definition) is 2. The first-order valence-electron chi connectivity index (χ1n) is 6.23. The summed E-state index contributed by atoms with van der Waals surface area (Å²) in [5.74, 6) is 3.88. The van der Waals surface area contributed by atoms with E-state index in [0.717, 1.165) is 16.1 Å². The molecule has 0 aliphatic rings. The molecule has 0 radical (unpaired) electrons. The molecule has 106 valence electrons. The van der Waals surface area contributed by atoms with Gasteiger partial charge in [0.1, 0.15) is 0 Å². The van der Waals surface area contributed by atoms with E-state index < -0.39 is 11.6 Å². The Bertz CT molecular complexity index is 590. The third-order valence-corrected chi connectivity index (χ3v) is 3.90. The largest absolute Gasteiger partial charge is 0.271 e. The van der Waals surface area contributed by atoms with Crippen LogP contribution in [0.2, 0.25) is 0 Å². The van der Waals surface area contributed by atoms with Crippen molar-refractivity contribution < 1.29 is 8.78 Å². The van der Waals surface area contributed by atoms with E-state index in [4.69, 9.17) is 5.84 Å². The summed E-state index contributed by atoms with van der Waals surface area (Å²) in [6.07, 6.45) is 1.21. The Hall–Kier alpha value is -1.30. The van der Waals surface area contributed by atoms with E-state index in [0.29, 0.717) is 18.4 Å². The first-order valence-corrected chi connectivity index (χ1v) is 7.03. The lowest BCUT2D eigenvalue weighted by Gasteiger charge is -2.17. The fraction of sp³-hybridized carbons (Fsp3) is 0.200. The van der Waals surface area contributed by atoms with Crippen LogP contribution in [0, 0.1) is 11.6 Å². The van der Waals surface area contributed by atoms with Crippen LogP contribution in [0.3, 0.4) is 0 Å². The predicted octanol–water partition coefficient (Wildman–Crippen LogP) is 3.34. The summed E-state index contributed by atoms with van der Waals surface area (Å²) in [5, 5.41) is 0. The van der Waals surface area contributed by atoms with Crippen molar-refractivity contribution in [1.82, 2.24) is 5.43 Å². The summed E-state index contributed by atoms with van der Waals surface area (Å²) in [4.78, 5) is 0. The van der Waals surface area contributed by atoms with Crippen molar-refractivity contribution in [1.29, 1.82) is 0 Å². The molecule has 0 aromatic heterocycles. The second kappa shape index (κ2) is 6.92. The Balaban J connectivity index is 2.09. The molecule has 5 heteroatoms. The van der Waals surface area contributed by atoms with Crippen LogP contribution in [-0.2, 0) is 12.8 Å². The topological polar surface area (TPSA) is 38.0 Å². The number of hydrogen-bond acceptors (Lipinski definition) is 2. The van der Waals surface area contributed by atoms with Crippen LogP contribution in [0.1, 0.15) is 11.1 Å². The molecule has 0 fully saturated rings. The van der Waals surface area contributed by atoms with Crippen molar-refractivity contribution in [3.05, 3.63) is 69.7 Å². The number of hydrazine groups is 1. The lowest BCUT2D eigenvalue weighted by molar-refractivity contribution is 0.498. The van der Waals surface area contributed by atoms with Gasteiger partial charge in [-0.05, 0) is 42.2 Å². The average molecular weight is 341 g/mol. The second-order valence-electron chi connectivity index (χ2n) is 4.61. The third kappa shape index (κ3) is 3.85. The van der Waals surface area contributed by atoms with Crippen molar-refractivity contribution in [2.45, 2.75) is 18.9 Å². The van der Waals surface area contributed by atoms with Gasteiger partial charge in [-0.25, -0.2) is 8.78 Å². The van der Waals surface area contributed by atoms with Gasteiger partial charge in [-0.2, -0.15) is 0 Å². The highest BCUT2D eigenvalue weighted by Gasteiger charge is 2.12. The SMILES string of the molecule is NNC(Cc1ccc(F)c(F)c1)Cc1ccccc1Br. The Kier molecular flexibility index (Phi) is 5.23. The van der Waals surface area contributed by atoms with E-state index in [1.165, 1.54) is 6.07 Å². The van der Waals surface area contributed by atoms with Crippen LogP contribution in [0.4, 0.5) is 8.78 Å².